The maximum absolute atomic E-state index is 2.56. The van der Waals surface area contributed by atoms with E-state index in [2.05, 4.69) is 158 Å². The summed E-state index contributed by atoms with van der Waals surface area (Å²) in [6, 6.07) is 52.0. The van der Waals surface area contributed by atoms with Crippen molar-refractivity contribution in [3.05, 3.63) is 151 Å². The lowest BCUT2D eigenvalue weighted by Gasteiger charge is -2.21. The zero-order valence-electron chi connectivity index (χ0n) is 24.7. The molecule has 0 fully saturated rings. The minimum absolute atomic E-state index is 0.0782. The van der Waals surface area contributed by atoms with Crippen molar-refractivity contribution < 1.29 is 0 Å². The van der Waals surface area contributed by atoms with E-state index >= 15 is 0 Å². The molecule has 206 valence electrons. The third-order valence-electron chi connectivity index (χ3n) is 10.3. The van der Waals surface area contributed by atoms with Gasteiger partial charge in [-0.05, 0) is 78.8 Å². The second kappa shape index (κ2) is 8.36. The van der Waals surface area contributed by atoms with Crippen molar-refractivity contribution in [2.45, 2.75) is 19.3 Å². The van der Waals surface area contributed by atoms with Crippen molar-refractivity contribution in [3.63, 3.8) is 0 Å². The first-order valence-corrected chi connectivity index (χ1v) is 15.5. The van der Waals surface area contributed by atoms with Crippen LogP contribution in [-0.4, -0.2) is 4.57 Å². The van der Waals surface area contributed by atoms with E-state index in [1.165, 1.54) is 92.8 Å². The molecule has 1 heterocycles. The lowest BCUT2D eigenvalue weighted by Crippen LogP contribution is -2.14. The monoisotopic (exact) mass is 559 g/mol. The summed E-state index contributed by atoms with van der Waals surface area (Å²) < 4.78 is 2.56. The highest BCUT2D eigenvalue weighted by Crippen LogP contribution is 2.53. The fourth-order valence-corrected chi connectivity index (χ4v) is 8.42. The zero-order chi connectivity index (χ0) is 29.2. The number of nitrogens with zero attached hydrogens (tertiary/aromatic N) is 1. The van der Waals surface area contributed by atoms with Crippen molar-refractivity contribution in [1.82, 2.24) is 4.57 Å². The standard InChI is InChI=1S/C43H29N/c1-43(2)36-23-13-12-18-29(36)34-24-35-38(25-37(34)43)44(26-14-4-3-5-15-26)42-40(35)33-22-11-10-21-32(33)39-30-19-8-6-16-27(30)28-17-7-9-20-31(28)41(39)42/h3-25H,1-2H3. The largest absolute Gasteiger partial charge is 0.309 e. The summed E-state index contributed by atoms with van der Waals surface area (Å²) in [7, 11) is 0. The maximum atomic E-state index is 2.56. The van der Waals surface area contributed by atoms with Crippen LogP contribution in [0.4, 0.5) is 0 Å². The molecule has 0 radical (unpaired) electrons. The molecule has 0 amide bonds. The summed E-state index contributed by atoms with van der Waals surface area (Å²) in [6.07, 6.45) is 0. The predicted molar refractivity (Wildman–Crippen MR) is 188 cm³/mol. The van der Waals surface area contributed by atoms with Crippen molar-refractivity contribution in [2.75, 3.05) is 0 Å². The molecule has 0 bridgehead atoms. The fourth-order valence-electron chi connectivity index (χ4n) is 8.42. The average molecular weight is 560 g/mol. The first-order chi connectivity index (χ1) is 21.6. The number of para-hydroxylation sites is 1. The highest BCUT2D eigenvalue weighted by atomic mass is 15.0. The van der Waals surface area contributed by atoms with Crippen molar-refractivity contribution in [2.24, 2.45) is 0 Å². The van der Waals surface area contributed by atoms with E-state index < -0.39 is 0 Å². The summed E-state index contributed by atoms with van der Waals surface area (Å²) in [5.41, 5.74) is 9.19. The molecule has 0 saturated carbocycles. The van der Waals surface area contributed by atoms with Crippen LogP contribution in [0.2, 0.25) is 0 Å². The van der Waals surface area contributed by atoms with Gasteiger partial charge in [0, 0.05) is 32.6 Å². The minimum Gasteiger partial charge on any atom is -0.309 e. The molecule has 10 rings (SSSR count). The van der Waals surface area contributed by atoms with E-state index in [-0.39, 0.29) is 5.41 Å². The van der Waals surface area contributed by atoms with E-state index in [1.54, 1.807) is 0 Å². The number of benzene rings is 8. The van der Waals surface area contributed by atoms with Crippen molar-refractivity contribution in [3.8, 4) is 16.8 Å². The van der Waals surface area contributed by atoms with Gasteiger partial charge in [-0.1, -0.05) is 129 Å². The molecular weight excluding hydrogens is 530 g/mol. The lowest BCUT2D eigenvalue weighted by atomic mass is 9.82. The topological polar surface area (TPSA) is 4.93 Å². The third kappa shape index (κ3) is 2.89. The van der Waals surface area contributed by atoms with Crippen molar-refractivity contribution >= 4 is 64.9 Å². The second-order valence-electron chi connectivity index (χ2n) is 12.9. The van der Waals surface area contributed by atoms with E-state index in [1.807, 2.05) is 0 Å². The number of aromatic nitrogens is 1. The van der Waals surface area contributed by atoms with Crippen LogP contribution in [0.25, 0.3) is 81.7 Å². The Kier molecular flexibility index (Phi) is 4.58. The Bertz CT molecular complexity index is 2670. The smallest absolute Gasteiger partial charge is 0.0632 e. The molecule has 1 nitrogen and oxygen atoms in total. The number of hydrogen-bond acceptors (Lipinski definition) is 0. The van der Waals surface area contributed by atoms with Gasteiger partial charge in [0.1, 0.15) is 0 Å². The van der Waals surface area contributed by atoms with Gasteiger partial charge in [-0.3, -0.25) is 0 Å². The van der Waals surface area contributed by atoms with Crippen LogP contribution < -0.4 is 0 Å². The molecule has 0 unspecified atom stereocenters. The molecule has 1 heteroatoms. The van der Waals surface area contributed by atoms with Gasteiger partial charge >= 0.3 is 0 Å². The van der Waals surface area contributed by atoms with Gasteiger partial charge in [-0.25, -0.2) is 0 Å². The van der Waals surface area contributed by atoms with Gasteiger partial charge in [0.15, 0.2) is 0 Å². The van der Waals surface area contributed by atoms with Gasteiger partial charge in [0.05, 0.1) is 11.0 Å². The molecule has 1 aliphatic carbocycles. The van der Waals surface area contributed by atoms with E-state index in [9.17, 15) is 0 Å². The van der Waals surface area contributed by atoms with E-state index in [0.717, 1.165) is 0 Å². The van der Waals surface area contributed by atoms with Crippen LogP contribution >= 0.6 is 0 Å². The minimum atomic E-state index is -0.0782. The maximum Gasteiger partial charge on any atom is 0.0632 e. The Hall–Kier alpha value is -5.40. The molecule has 9 aromatic rings. The zero-order valence-corrected chi connectivity index (χ0v) is 24.7. The van der Waals surface area contributed by atoms with Gasteiger partial charge in [0.2, 0.25) is 0 Å². The number of hydrogen-bond donors (Lipinski definition) is 0. The van der Waals surface area contributed by atoms with E-state index in [4.69, 9.17) is 0 Å². The molecule has 0 saturated heterocycles. The van der Waals surface area contributed by atoms with Crippen molar-refractivity contribution in [1.29, 1.82) is 0 Å². The SMILES string of the molecule is CC1(C)c2ccccc2-c2cc3c4c5ccccc5c5c6ccccc6c6ccccc6c5c4n(-c4ccccc4)c3cc21. The summed E-state index contributed by atoms with van der Waals surface area (Å²) in [4.78, 5) is 0. The quantitative estimate of drug-likeness (QED) is 0.176. The van der Waals surface area contributed by atoms with Crippen LogP contribution in [0, 0.1) is 0 Å². The van der Waals surface area contributed by atoms with Gasteiger partial charge in [-0.15, -0.1) is 0 Å². The van der Waals surface area contributed by atoms with Crippen LogP contribution in [0.15, 0.2) is 140 Å². The molecule has 44 heavy (non-hydrogen) atoms. The summed E-state index contributed by atoms with van der Waals surface area (Å²) in [5, 5.41) is 13.1. The molecule has 1 aliphatic rings. The normalized spacial score (nSPS) is 13.9. The Morgan fingerprint density at radius 2 is 0.932 bits per heavy atom. The second-order valence-corrected chi connectivity index (χ2v) is 12.9. The Morgan fingerprint density at radius 3 is 1.61 bits per heavy atom. The highest BCUT2D eigenvalue weighted by Gasteiger charge is 2.36. The van der Waals surface area contributed by atoms with Crippen LogP contribution in [0.1, 0.15) is 25.0 Å². The molecule has 0 N–H and O–H groups in total. The van der Waals surface area contributed by atoms with Gasteiger partial charge in [-0.2, -0.15) is 0 Å². The molecule has 8 aromatic carbocycles. The molecular formula is C43H29N. The Labute approximate surface area is 255 Å². The van der Waals surface area contributed by atoms with Crippen LogP contribution in [-0.2, 0) is 5.41 Å². The van der Waals surface area contributed by atoms with Crippen LogP contribution in [0.3, 0.4) is 0 Å². The van der Waals surface area contributed by atoms with Crippen LogP contribution in [0.5, 0.6) is 0 Å². The average Bonchev–Trinajstić information content (AvgIpc) is 3.53. The number of fused-ring (bicyclic) bond motifs is 16. The van der Waals surface area contributed by atoms with E-state index in [0.29, 0.717) is 0 Å². The predicted octanol–water partition coefficient (Wildman–Crippen LogP) is 11.7. The molecule has 0 atom stereocenters. The molecule has 1 aromatic heterocycles. The Balaban J connectivity index is 1.56. The first-order valence-electron chi connectivity index (χ1n) is 15.5. The summed E-state index contributed by atoms with van der Waals surface area (Å²) in [6.45, 7) is 4.76. The molecule has 0 spiro atoms. The number of rotatable bonds is 1. The summed E-state index contributed by atoms with van der Waals surface area (Å²) >= 11 is 0. The lowest BCUT2D eigenvalue weighted by molar-refractivity contribution is 0.661. The molecule has 0 aliphatic heterocycles. The van der Waals surface area contributed by atoms with Gasteiger partial charge in [0.25, 0.3) is 0 Å². The highest BCUT2D eigenvalue weighted by molar-refractivity contribution is 6.42. The van der Waals surface area contributed by atoms with Gasteiger partial charge < -0.3 is 4.57 Å². The summed E-state index contributed by atoms with van der Waals surface area (Å²) in [5.74, 6) is 0. The Morgan fingerprint density at radius 1 is 0.409 bits per heavy atom. The third-order valence-corrected chi connectivity index (χ3v) is 10.3. The fraction of sp³-hybridized carbons (Fsp3) is 0.0698. The first kappa shape index (κ1) is 24.1.